The van der Waals surface area contributed by atoms with E-state index in [9.17, 15) is 4.79 Å². The molecule has 2 aliphatic rings. The molecule has 31 heavy (non-hydrogen) atoms. The number of amides is 1. The molecule has 0 saturated carbocycles. The number of para-hydroxylation sites is 1. The van der Waals surface area contributed by atoms with Gasteiger partial charge in [-0.1, -0.05) is 36.4 Å². The van der Waals surface area contributed by atoms with E-state index in [1.54, 1.807) is 0 Å². The van der Waals surface area contributed by atoms with E-state index in [-0.39, 0.29) is 17.5 Å². The lowest BCUT2D eigenvalue weighted by Gasteiger charge is -2.38. The van der Waals surface area contributed by atoms with Crippen molar-refractivity contribution in [3.63, 3.8) is 0 Å². The molecule has 0 radical (unpaired) electrons. The van der Waals surface area contributed by atoms with Crippen molar-refractivity contribution in [2.24, 2.45) is 5.92 Å². The Balaban J connectivity index is 1.69. The van der Waals surface area contributed by atoms with Crippen molar-refractivity contribution < 1.29 is 4.79 Å². The maximum absolute atomic E-state index is 13.1. The van der Waals surface area contributed by atoms with Crippen molar-refractivity contribution >= 4 is 17.3 Å². The first kappa shape index (κ1) is 21.5. The molecule has 164 valence electrons. The quantitative estimate of drug-likeness (QED) is 0.597. The fourth-order valence-corrected chi connectivity index (χ4v) is 5.03. The second kappa shape index (κ2) is 8.41. The van der Waals surface area contributed by atoms with Gasteiger partial charge in [0.05, 0.1) is 17.3 Å². The highest BCUT2D eigenvalue weighted by Crippen LogP contribution is 2.50. The third-order valence-corrected chi connectivity index (χ3v) is 6.51. The number of fused-ring (bicyclic) bond motifs is 3. The molecule has 0 bridgehead atoms. The smallest absolute Gasteiger partial charge is 0.253 e. The summed E-state index contributed by atoms with van der Waals surface area (Å²) >= 11 is 0. The number of hydrogen-bond donors (Lipinski definition) is 2. The predicted molar refractivity (Wildman–Crippen MR) is 130 cm³/mol. The van der Waals surface area contributed by atoms with Gasteiger partial charge in [-0.15, -0.1) is 0 Å². The molecule has 0 saturated heterocycles. The Bertz CT molecular complexity index is 967. The van der Waals surface area contributed by atoms with Crippen molar-refractivity contribution in [3.8, 4) is 0 Å². The van der Waals surface area contributed by atoms with Crippen LogP contribution >= 0.6 is 0 Å². The average Bonchev–Trinajstić information content (AvgIpc) is 3.23. The first-order valence-corrected chi connectivity index (χ1v) is 11.6. The molecule has 1 heterocycles. The summed E-state index contributed by atoms with van der Waals surface area (Å²) in [6, 6.07) is 15.3. The zero-order chi connectivity index (χ0) is 22.2. The number of nitrogens with one attached hydrogen (secondary N) is 2. The summed E-state index contributed by atoms with van der Waals surface area (Å²) in [6.07, 6.45) is 5.68. The molecule has 1 aliphatic carbocycles. The largest absolute Gasteiger partial charge is 0.377 e. The highest BCUT2D eigenvalue weighted by Gasteiger charge is 2.39. The van der Waals surface area contributed by atoms with Crippen LogP contribution in [-0.2, 0) is 0 Å². The summed E-state index contributed by atoms with van der Waals surface area (Å²) in [5, 5.41) is 6.91. The van der Waals surface area contributed by atoms with E-state index in [1.807, 2.05) is 32.9 Å². The minimum atomic E-state index is -0.274. The first-order valence-electron chi connectivity index (χ1n) is 11.6. The number of rotatable bonds is 5. The van der Waals surface area contributed by atoms with Gasteiger partial charge >= 0.3 is 0 Å². The summed E-state index contributed by atoms with van der Waals surface area (Å²) in [5.41, 5.74) is 5.22. The third kappa shape index (κ3) is 4.21. The Labute approximate surface area is 186 Å². The van der Waals surface area contributed by atoms with Gasteiger partial charge in [-0.3, -0.25) is 4.79 Å². The van der Waals surface area contributed by atoms with Crippen LogP contribution < -0.4 is 15.5 Å². The standard InChI is InChI=1S/C27H35N3O/c1-6-30(7-2)19-16-14-18(15-17-19)24-21-11-8-10-20(21)22-12-9-13-23(25(22)28-24)26(31)29-27(3,4)5/h8-10,12-17,20-21,24,28H,6-7,11H2,1-5H3,(H,29,31). The molecule has 4 heteroatoms. The fraction of sp³-hybridized carbons (Fsp3) is 0.444. The average molecular weight is 418 g/mol. The second-order valence-corrected chi connectivity index (χ2v) is 9.71. The highest BCUT2D eigenvalue weighted by molar-refractivity contribution is 6.01. The predicted octanol–water partition coefficient (Wildman–Crippen LogP) is 5.89. The van der Waals surface area contributed by atoms with Crippen molar-refractivity contribution in [2.75, 3.05) is 23.3 Å². The van der Waals surface area contributed by atoms with Crippen molar-refractivity contribution in [1.82, 2.24) is 5.32 Å². The van der Waals surface area contributed by atoms with Gasteiger partial charge in [-0.05, 0) is 76.3 Å². The molecule has 3 unspecified atom stereocenters. The summed E-state index contributed by atoms with van der Waals surface area (Å²) in [7, 11) is 0. The van der Waals surface area contributed by atoms with Gasteiger partial charge in [-0.2, -0.15) is 0 Å². The van der Waals surface area contributed by atoms with Gasteiger partial charge in [0, 0.05) is 30.2 Å². The van der Waals surface area contributed by atoms with E-state index in [1.165, 1.54) is 16.8 Å². The number of benzene rings is 2. The van der Waals surface area contributed by atoms with Crippen LogP contribution in [0.15, 0.2) is 54.6 Å². The van der Waals surface area contributed by atoms with Crippen LogP contribution in [0, 0.1) is 5.92 Å². The van der Waals surface area contributed by atoms with Crippen LogP contribution in [0.3, 0.4) is 0 Å². The Kier molecular flexibility index (Phi) is 5.83. The molecule has 0 spiro atoms. The topological polar surface area (TPSA) is 44.4 Å². The SMILES string of the molecule is CCN(CC)c1ccc(C2Nc3c(C(=O)NC(C)(C)C)cccc3C3C=CCC32)cc1. The first-order chi connectivity index (χ1) is 14.8. The molecule has 4 rings (SSSR count). The summed E-state index contributed by atoms with van der Waals surface area (Å²) < 4.78 is 0. The van der Waals surface area contributed by atoms with Gasteiger partial charge in [-0.25, -0.2) is 0 Å². The van der Waals surface area contributed by atoms with E-state index in [0.29, 0.717) is 11.8 Å². The zero-order valence-electron chi connectivity index (χ0n) is 19.4. The van der Waals surface area contributed by atoms with Gasteiger partial charge in [0.25, 0.3) is 5.91 Å². The molecule has 4 nitrogen and oxygen atoms in total. The van der Waals surface area contributed by atoms with Gasteiger partial charge in [0.2, 0.25) is 0 Å². The van der Waals surface area contributed by atoms with E-state index in [4.69, 9.17) is 0 Å². The molecular weight excluding hydrogens is 382 g/mol. The molecule has 1 amide bonds. The Morgan fingerprint density at radius 1 is 1.10 bits per heavy atom. The minimum Gasteiger partial charge on any atom is -0.377 e. The van der Waals surface area contributed by atoms with E-state index < -0.39 is 0 Å². The summed E-state index contributed by atoms with van der Waals surface area (Å²) in [4.78, 5) is 15.4. The molecule has 0 aromatic heterocycles. The van der Waals surface area contributed by atoms with Crippen LogP contribution in [0.2, 0.25) is 0 Å². The third-order valence-electron chi connectivity index (χ3n) is 6.51. The Hall–Kier alpha value is -2.75. The van der Waals surface area contributed by atoms with E-state index >= 15 is 0 Å². The molecule has 2 aromatic carbocycles. The number of allylic oxidation sites excluding steroid dienone is 2. The van der Waals surface area contributed by atoms with Gasteiger partial charge in [0.15, 0.2) is 0 Å². The fourth-order valence-electron chi connectivity index (χ4n) is 5.03. The molecule has 3 atom stereocenters. The Morgan fingerprint density at radius 3 is 2.45 bits per heavy atom. The molecule has 2 N–H and O–H groups in total. The lowest BCUT2D eigenvalue weighted by atomic mass is 9.76. The van der Waals surface area contributed by atoms with Gasteiger partial charge < -0.3 is 15.5 Å². The summed E-state index contributed by atoms with van der Waals surface area (Å²) in [6.45, 7) is 12.4. The highest BCUT2D eigenvalue weighted by atomic mass is 16.1. The lowest BCUT2D eigenvalue weighted by Crippen LogP contribution is -2.41. The van der Waals surface area contributed by atoms with E-state index in [0.717, 1.165) is 30.8 Å². The van der Waals surface area contributed by atoms with Gasteiger partial charge in [0.1, 0.15) is 0 Å². The Morgan fingerprint density at radius 2 is 1.81 bits per heavy atom. The maximum atomic E-state index is 13.1. The van der Waals surface area contributed by atoms with Crippen LogP contribution in [0.25, 0.3) is 0 Å². The van der Waals surface area contributed by atoms with Crippen molar-refractivity contribution in [1.29, 1.82) is 0 Å². The summed E-state index contributed by atoms with van der Waals surface area (Å²) in [5.74, 6) is 0.784. The van der Waals surface area contributed by atoms with Crippen LogP contribution in [0.5, 0.6) is 0 Å². The second-order valence-electron chi connectivity index (χ2n) is 9.71. The van der Waals surface area contributed by atoms with Crippen LogP contribution in [0.1, 0.15) is 74.5 Å². The van der Waals surface area contributed by atoms with Crippen molar-refractivity contribution in [2.45, 2.75) is 58.5 Å². The monoisotopic (exact) mass is 417 g/mol. The zero-order valence-corrected chi connectivity index (χ0v) is 19.4. The molecule has 0 fully saturated rings. The molecular formula is C27H35N3O. The number of hydrogen-bond acceptors (Lipinski definition) is 3. The van der Waals surface area contributed by atoms with Crippen LogP contribution in [0.4, 0.5) is 11.4 Å². The maximum Gasteiger partial charge on any atom is 0.253 e. The lowest BCUT2D eigenvalue weighted by molar-refractivity contribution is 0.0920. The number of nitrogens with zero attached hydrogens (tertiary/aromatic N) is 1. The number of carbonyl (C=O) groups excluding carboxylic acids is 1. The van der Waals surface area contributed by atoms with E-state index in [2.05, 4.69) is 71.9 Å². The van der Waals surface area contributed by atoms with Crippen LogP contribution in [-0.4, -0.2) is 24.5 Å². The molecule has 1 aliphatic heterocycles. The number of anilines is 2. The minimum absolute atomic E-state index is 0.0205. The van der Waals surface area contributed by atoms with Crippen molar-refractivity contribution in [3.05, 3.63) is 71.3 Å². The normalized spacial score (nSPS) is 21.8. The molecule has 2 aromatic rings. The number of carbonyl (C=O) groups is 1.